The van der Waals surface area contributed by atoms with Gasteiger partial charge in [0, 0.05) is 32.1 Å². The van der Waals surface area contributed by atoms with Crippen LogP contribution < -0.4 is 4.90 Å². The number of hydrogen-bond acceptors (Lipinski definition) is 2. The highest BCUT2D eigenvalue weighted by atomic mass is 32.1. The van der Waals surface area contributed by atoms with Crippen molar-refractivity contribution < 1.29 is 0 Å². The van der Waals surface area contributed by atoms with Crippen LogP contribution in [0.1, 0.15) is 0 Å². The first-order valence-corrected chi connectivity index (χ1v) is 22.7. The van der Waals surface area contributed by atoms with Gasteiger partial charge in [-0.15, -0.1) is 11.3 Å². The van der Waals surface area contributed by atoms with Crippen LogP contribution in [0.4, 0.5) is 17.1 Å². The normalized spacial score (nSPS) is 11.4. The number of benzene rings is 11. The zero-order valence-electron chi connectivity index (χ0n) is 35.0. The van der Waals surface area contributed by atoms with Gasteiger partial charge in [0.1, 0.15) is 0 Å². The van der Waals surface area contributed by atoms with Crippen molar-refractivity contribution in [2.75, 3.05) is 4.90 Å². The molecule has 0 saturated heterocycles. The van der Waals surface area contributed by atoms with Crippen LogP contribution in [0.15, 0.2) is 249 Å². The number of thiophene rings is 1. The molecule has 64 heavy (non-hydrogen) atoms. The molecule has 1 aromatic heterocycles. The molecule has 2 heteroatoms. The minimum atomic E-state index is 1.10. The molecule has 0 atom stereocenters. The summed E-state index contributed by atoms with van der Waals surface area (Å²) in [5.41, 5.74) is 15.5. The molecular formula is C62H41NS. The Kier molecular flexibility index (Phi) is 9.43. The van der Waals surface area contributed by atoms with E-state index in [2.05, 4.69) is 254 Å². The summed E-state index contributed by atoms with van der Waals surface area (Å²) < 4.78 is 2.55. The van der Waals surface area contributed by atoms with E-state index in [1.54, 1.807) is 0 Å². The van der Waals surface area contributed by atoms with Gasteiger partial charge in [-0.1, -0.05) is 218 Å². The minimum absolute atomic E-state index is 1.10. The molecule has 0 aliphatic carbocycles. The topological polar surface area (TPSA) is 3.24 Å². The van der Waals surface area contributed by atoms with Crippen LogP contribution in [0.5, 0.6) is 0 Å². The number of fused-ring (bicyclic) bond motifs is 6. The lowest BCUT2D eigenvalue weighted by molar-refractivity contribution is 1.32. The second-order valence-corrected chi connectivity index (χ2v) is 17.5. The van der Waals surface area contributed by atoms with Crippen molar-refractivity contribution in [2.45, 2.75) is 0 Å². The van der Waals surface area contributed by atoms with Crippen LogP contribution in [0.3, 0.4) is 0 Å². The molecule has 0 spiro atoms. The molecule has 12 aromatic rings. The van der Waals surface area contributed by atoms with E-state index in [-0.39, 0.29) is 0 Å². The molecule has 0 N–H and O–H groups in total. The molecule has 0 aliphatic heterocycles. The second kappa shape index (κ2) is 16.0. The predicted molar refractivity (Wildman–Crippen MR) is 276 cm³/mol. The van der Waals surface area contributed by atoms with Crippen LogP contribution in [0.25, 0.3) is 97.4 Å². The van der Waals surface area contributed by atoms with Crippen LogP contribution in [-0.4, -0.2) is 0 Å². The highest BCUT2D eigenvalue weighted by Crippen LogP contribution is 2.52. The lowest BCUT2D eigenvalue weighted by atomic mass is 9.89. The van der Waals surface area contributed by atoms with Crippen molar-refractivity contribution >= 4 is 70.1 Å². The first-order chi connectivity index (χ1) is 31.7. The van der Waals surface area contributed by atoms with Crippen molar-refractivity contribution in [2.24, 2.45) is 0 Å². The maximum Gasteiger partial charge on any atom is 0.0640 e. The Morgan fingerprint density at radius 2 is 0.672 bits per heavy atom. The van der Waals surface area contributed by atoms with Crippen molar-refractivity contribution in [3.63, 3.8) is 0 Å². The van der Waals surface area contributed by atoms with Crippen LogP contribution in [0.2, 0.25) is 0 Å². The molecule has 11 aromatic carbocycles. The second-order valence-electron chi connectivity index (χ2n) is 16.4. The number of rotatable bonds is 8. The summed E-state index contributed by atoms with van der Waals surface area (Å²) in [6.45, 7) is 0. The van der Waals surface area contributed by atoms with Crippen LogP contribution in [-0.2, 0) is 0 Å². The fourth-order valence-corrected chi connectivity index (χ4v) is 10.8. The molecule has 0 amide bonds. The molecule has 12 rings (SSSR count). The Labute approximate surface area is 377 Å². The van der Waals surface area contributed by atoms with E-state index >= 15 is 0 Å². The van der Waals surface area contributed by atoms with Gasteiger partial charge in [-0.05, 0) is 96.6 Å². The lowest BCUT2D eigenvalue weighted by Gasteiger charge is -2.31. The quantitative estimate of drug-likeness (QED) is 0.138. The van der Waals surface area contributed by atoms with Gasteiger partial charge in [-0.2, -0.15) is 0 Å². The van der Waals surface area contributed by atoms with Gasteiger partial charge >= 0.3 is 0 Å². The molecular weight excluding hydrogens is 791 g/mol. The number of nitrogens with zero attached hydrogens (tertiary/aromatic N) is 1. The van der Waals surface area contributed by atoms with Crippen molar-refractivity contribution in [3.8, 4) is 55.6 Å². The van der Waals surface area contributed by atoms with E-state index in [0.29, 0.717) is 0 Å². The molecule has 1 nitrogen and oxygen atoms in total. The average molecular weight is 832 g/mol. The summed E-state index contributed by atoms with van der Waals surface area (Å²) in [5.74, 6) is 0. The fourth-order valence-electron chi connectivity index (χ4n) is 9.57. The van der Waals surface area contributed by atoms with Gasteiger partial charge in [0.25, 0.3) is 0 Å². The van der Waals surface area contributed by atoms with E-state index in [1.165, 1.54) is 103 Å². The number of anilines is 3. The fraction of sp³-hybridized carbons (Fsp3) is 0. The van der Waals surface area contributed by atoms with Crippen LogP contribution >= 0.6 is 11.3 Å². The third kappa shape index (κ3) is 6.64. The van der Waals surface area contributed by atoms with E-state index in [9.17, 15) is 0 Å². The van der Waals surface area contributed by atoms with Crippen molar-refractivity contribution in [1.82, 2.24) is 0 Å². The van der Waals surface area contributed by atoms with Gasteiger partial charge in [-0.3, -0.25) is 0 Å². The highest BCUT2D eigenvalue weighted by molar-refractivity contribution is 7.26. The maximum atomic E-state index is 2.54. The zero-order chi connectivity index (χ0) is 42.4. The van der Waals surface area contributed by atoms with E-state index in [4.69, 9.17) is 0 Å². The van der Waals surface area contributed by atoms with Gasteiger partial charge in [0.05, 0.1) is 16.1 Å². The first kappa shape index (κ1) is 37.7. The van der Waals surface area contributed by atoms with Gasteiger partial charge < -0.3 is 4.90 Å². The third-order valence-electron chi connectivity index (χ3n) is 12.7. The van der Waals surface area contributed by atoms with Crippen LogP contribution in [0, 0.1) is 0 Å². The summed E-state index contributed by atoms with van der Waals surface area (Å²) >= 11 is 1.87. The van der Waals surface area contributed by atoms with Gasteiger partial charge in [-0.25, -0.2) is 0 Å². The SMILES string of the molecule is c1ccc(-c2ccc(-c3c(N(c4ccc(-c5ccc(-c6cccc(-c7ccccc7)c6)cc5)cc4)c4cccc5c4sc4ccccc45)c4ccccc4c4ccccc34)cc2)cc1. The molecule has 0 aliphatic rings. The van der Waals surface area contributed by atoms with E-state index < -0.39 is 0 Å². The summed E-state index contributed by atoms with van der Waals surface area (Å²) in [6.07, 6.45) is 0. The Hall–Kier alpha value is -8.04. The van der Waals surface area contributed by atoms with Gasteiger partial charge in [0.2, 0.25) is 0 Å². The van der Waals surface area contributed by atoms with E-state index in [1.807, 2.05) is 11.3 Å². The lowest BCUT2D eigenvalue weighted by Crippen LogP contribution is -2.12. The molecule has 300 valence electrons. The number of hydrogen-bond donors (Lipinski definition) is 0. The average Bonchev–Trinajstić information content (AvgIpc) is 3.77. The van der Waals surface area contributed by atoms with Gasteiger partial charge in [0.15, 0.2) is 0 Å². The molecule has 0 unspecified atom stereocenters. The van der Waals surface area contributed by atoms with Crippen molar-refractivity contribution in [1.29, 1.82) is 0 Å². The Morgan fingerprint density at radius 1 is 0.266 bits per heavy atom. The maximum absolute atomic E-state index is 2.54. The molecule has 0 bridgehead atoms. The summed E-state index contributed by atoms with van der Waals surface area (Å²) in [6, 6.07) is 90.9. The smallest absolute Gasteiger partial charge is 0.0640 e. The Morgan fingerprint density at radius 3 is 1.30 bits per heavy atom. The minimum Gasteiger partial charge on any atom is -0.308 e. The predicted octanol–water partition coefficient (Wildman–Crippen LogP) is 18.2. The molecule has 1 heterocycles. The standard InChI is InChI=1S/C62H41NS/c1-3-15-42(16-4-1)44-33-35-48(36-34-44)60-55-24-9-7-21-52(55)53-22-8-10-25-56(53)61(60)63(58-27-14-26-57-54-23-11-12-28-59(54)64-62(57)58)51-39-37-46(38-40-51)45-29-31-47(32-30-45)50-20-13-19-49(41-50)43-17-5-2-6-18-43/h1-41H. The molecule has 0 fully saturated rings. The Bertz CT molecular complexity index is 3630. The highest BCUT2D eigenvalue weighted by Gasteiger charge is 2.26. The summed E-state index contributed by atoms with van der Waals surface area (Å²) in [4.78, 5) is 2.54. The third-order valence-corrected chi connectivity index (χ3v) is 13.9. The first-order valence-electron chi connectivity index (χ1n) is 21.9. The van der Waals surface area contributed by atoms with E-state index in [0.717, 1.165) is 11.4 Å². The largest absolute Gasteiger partial charge is 0.308 e. The molecule has 0 saturated carbocycles. The van der Waals surface area contributed by atoms with Crippen molar-refractivity contribution in [3.05, 3.63) is 249 Å². The Balaban J connectivity index is 1.04. The monoisotopic (exact) mass is 831 g/mol. The summed E-state index contributed by atoms with van der Waals surface area (Å²) in [7, 11) is 0. The summed E-state index contributed by atoms with van der Waals surface area (Å²) in [5, 5.41) is 7.47. The zero-order valence-corrected chi connectivity index (χ0v) is 35.8. The molecule has 0 radical (unpaired) electrons.